The van der Waals surface area contributed by atoms with E-state index in [0.717, 1.165) is 16.4 Å². The summed E-state index contributed by atoms with van der Waals surface area (Å²) in [6.45, 7) is 1.81. The third-order valence-electron chi connectivity index (χ3n) is 2.42. The van der Waals surface area contributed by atoms with Crippen LogP contribution in [0.15, 0.2) is 29.4 Å². The summed E-state index contributed by atoms with van der Waals surface area (Å²) >= 11 is 0. The molecular formula is C11H10N6. The minimum atomic E-state index is 0.377. The normalized spacial score (nSPS) is 11.6. The lowest BCUT2D eigenvalue weighted by Gasteiger charge is -1.95. The lowest BCUT2D eigenvalue weighted by atomic mass is 10.2. The third kappa shape index (κ3) is 1.59. The Morgan fingerprint density at radius 2 is 2.18 bits per heavy atom. The molecule has 6 heteroatoms. The smallest absolute Gasteiger partial charge is 0.265 e. The molecule has 0 aliphatic rings. The summed E-state index contributed by atoms with van der Waals surface area (Å²) in [6, 6.07) is 7.90. The topological polar surface area (TPSA) is 78.8 Å². The van der Waals surface area contributed by atoms with Crippen LogP contribution < -0.4 is 5.43 Å². The van der Waals surface area contributed by atoms with Crippen molar-refractivity contribution in [2.75, 3.05) is 5.43 Å². The lowest BCUT2D eigenvalue weighted by molar-refractivity contribution is 1.01. The first-order valence-electron chi connectivity index (χ1n) is 5.23. The molecule has 6 nitrogen and oxygen atoms in total. The quantitative estimate of drug-likeness (QED) is 0.517. The van der Waals surface area contributed by atoms with Crippen LogP contribution >= 0.6 is 0 Å². The van der Waals surface area contributed by atoms with Crippen molar-refractivity contribution in [3.05, 3.63) is 24.3 Å². The highest BCUT2D eigenvalue weighted by Gasteiger charge is 2.07. The Balaban J connectivity index is 2.19. The number of benzene rings is 1. The van der Waals surface area contributed by atoms with Gasteiger partial charge >= 0.3 is 0 Å². The summed E-state index contributed by atoms with van der Waals surface area (Å²) < 4.78 is 0. The molecule has 0 saturated heterocycles. The van der Waals surface area contributed by atoms with Gasteiger partial charge in [0.25, 0.3) is 5.95 Å². The second kappa shape index (κ2) is 3.82. The zero-order valence-corrected chi connectivity index (χ0v) is 9.18. The minimum absolute atomic E-state index is 0.377. The molecule has 0 spiro atoms. The fourth-order valence-electron chi connectivity index (χ4n) is 1.69. The molecule has 0 radical (unpaired) electrons. The zero-order chi connectivity index (χ0) is 11.7. The summed E-state index contributed by atoms with van der Waals surface area (Å²) in [5.41, 5.74) is 5.17. The van der Waals surface area contributed by atoms with Gasteiger partial charge in [0.15, 0.2) is 5.65 Å². The average Bonchev–Trinajstić information content (AvgIpc) is 2.74. The molecule has 0 saturated carbocycles. The Morgan fingerprint density at radius 3 is 3.06 bits per heavy atom. The van der Waals surface area contributed by atoms with Crippen LogP contribution in [0.5, 0.6) is 0 Å². The zero-order valence-electron chi connectivity index (χ0n) is 9.18. The highest BCUT2D eigenvalue weighted by Crippen LogP contribution is 2.21. The SMILES string of the molecule is CC=NNc1nnc2c(n1)[nH]c1ccccc12. The summed E-state index contributed by atoms with van der Waals surface area (Å²) in [5, 5.41) is 13.0. The Labute approximate surface area is 96.8 Å². The van der Waals surface area contributed by atoms with E-state index in [2.05, 4.69) is 30.7 Å². The predicted octanol–water partition coefficient (Wildman–Crippen LogP) is 1.92. The van der Waals surface area contributed by atoms with E-state index in [1.54, 1.807) is 6.21 Å². The maximum atomic E-state index is 4.30. The van der Waals surface area contributed by atoms with E-state index in [0.29, 0.717) is 11.6 Å². The Morgan fingerprint density at radius 1 is 1.29 bits per heavy atom. The van der Waals surface area contributed by atoms with E-state index >= 15 is 0 Å². The maximum absolute atomic E-state index is 4.30. The van der Waals surface area contributed by atoms with Crippen molar-refractivity contribution in [1.82, 2.24) is 20.2 Å². The number of anilines is 1. The fraction of sp³-hybridized carbons (Fsp3) is 0.0909. The second-order valence-electron chi connectivity index (χ2n) is 3.50. The van der Waals surface area contributed by atoms with Crippen LogP contribution in [0.2, 0.25) is 0 Å². The molecule has 0 aliphatic carbocycles. The van der Waals surface area contributed by atoms with Gasteiger partial charge in [-0.15, -0.1) is 10.2 Å². The number of aromatic nitrogens is 4. The number of hydrogen-bond donors (Lipinski definition) is 2. The number of nitrogens with zero attached hydrogens (tertiary/aromatic N) is 4. The van der Waals surface area contributed by atoms with E-state index in [-0.39, 0.29) is 0 Å². The number of nitrogens with one attached hydrogen (secondary N) is 2. The number of rotatable bonds is 2. The van der Waals surface area contributed by atoms with E-state index < -0.39 is 0 Å². The van der Waals surface area contributed by atoms with Crippen LogP contribution in [0.4, 0.5) is 5.95 Å². The molecule has 2 N–H and O–H groups in total. The standard InChI is InChI=1S/C11H10N6/c1-2-12-16-11-14-10-9(15-17-11)7-5-3-4-6-8(7)13-10/h2-6H,1H3,(H2,13,14,16,17). The number of H-pyrrole nitrogens is 1. The van der Waals surface area contributed by atoms with Crippen LogP contribution in [0.3, 0.4) is 0 Å². The summed E-state index contributed by atoms with van der Waals surface area (Å²) in [7, 11) is 0. The van der Waals surface area contributed by atoms with Crippen LogP contribution in [-0.2, 0) is 0 Å². The van der Waals surface area contributed by atoms with Gasteiger partial charge in [0.05, 0.1) is 0 Å². The lowest BCUT2D eigenvalue weighted by Crippen LogP contribution is -1.97. The first-order chi connectivity index (χ1) is 8.38. The van der Waals surface area contributed by atoms with Crippen LogP contribution in [-0.4, -0.2) is 26.4 Å². The van der Waals surface area contributed by atoms with Gasteiger partial charge in [0, 0.05) is 17.1 Å². The van der Waals surface area contributed by atoms with Crippen molar-refractivity contribution in [2.24, 2.45) is 5.10 Å². The van der Waals surface area contributed by atoms with Crippen molar-refractivity contribution >= 4 is 34.2 Å². The maximum Gasteiger partial charge on any atom is 0.265 e. The van der Waals surface area contributed by atoms with E-state index in [9.17, 15) is 0 Å². The van der Waals surface area contributed by atoms with Crippen molar-refractivity contribution in [2.45, 2.75) is 6.92 Å². The fourth-order valence-corrected chi connectivity index (χ4v) is 1.69. The summed E-state index contributed by atoms with van der Waals surface area (Å²) in [6.07, 6.45) is 1.62. The van der Waals surface area contributed by atoms with Crippen molar-refractivity contribution < 1.29 is 0 Å². The molecule has 0 fully saturated rings. The van der Waals surface area contributed by atoms with E-state index in [1.807, 2.05) is 31.2 Å². The van der Waals surface area contributed by atoms with Gasteiger partial charge in [-0.05, 0) is 13.0 Å². The van der Waals surface area contributed by atoms with Crippen LogP contribution in [0.25, 0.3) is 22.1 Å². The van der Waals surface area contributed by atoms with Crippen molar-refractivity contribution in [3.8, 4) is 0 Å². The van der Waals surface area contributed by atoms with Gasteiger partial charge in [-0.3, -0.25) is 0 Å². The summed E-state index contributed by atoms with van der Waals surface area (Å²) in [5.74, 6) is 0.377. The third-order valence-corrected chi connectivity index (χ3v) is 2.42. The molecule has 3 rings (SSSR count). The molecule has 0 amide bonds. The van der Waals surface area contributed by atoms with Crippen molar-refractivity contribution in [1.29, 1.82) is 0 Å². The van der Waals surface area contributed by atoms with Crippen molar-refractivity contribution in [3.63, 3.8) is 0 Å². The van der Waals surface area contributed by atoms with Gasteiger partial charge in [-0.25, -0.2) is 5.43 Å². The second-order valence-corrected chi connectivity index (χ2v) is 3.50. The Kier molecular flexibility index (Phi) is 2.18. The number of hydrogen-bond acceptors (Lipinski definition) is 5. The molecule has 0 atom stereocenters. The van der Waals surface area contributed by atoms with Gasteiger partial charge in [-0.1, -0.05) is 18.2 Å². The monoisotopic (exact) mass is 226 g/mol. The first-order valence-corrected chi connectivity index (χ1v) is 5.23. The molecule has 0 unspecified atom stereocenters. The van der Waals surface area contributed by atoms with Crippen LogP contribution in [0.1, 0.15) is 6.92 Å². The van der Waals surface area contributed by atoms with Gasteiger partial charge in [0.1, 0.15) is 5.52 Å². The van der Waals surface area contributed by atoms with Crippen LogP contribution in [0, 0.1) is 0 Å². The number of para-hydroxylation sites is 1. The molecule has 17 heavy (non-hydrogen) atoms. The van der Waals surface area contributed by atoms with Gasteiger partial charge < -0.3 is 4.98 Å². The highest BCUT2D eigenvalue weighted by molar-refractivity contribution is 6.03. The minimum Gasteiger partial charge on any atom is -0.338 e. The molecule has 3 aromatic rings. The molecule has 2 heterocycles. The van der Waals surface area contributed by atoms with Gasteiger partial charge in [-0.2, -0.15) is 10.1 Å². The number of hydrazone groups is 1. The Bertz CT molecular complexity index is 699. The molecule has 0 aliphatic heterocycles. The molecule has 0 bridgehead atoms. The Hall–Kier alpha value is -2.50. The average molecular weight is 226 g/mol. The van der Waals surface area contributed by atoms with E-state index in [1.165, 1.54) is 0 Å². The molecule has 2 aromatic heterocycles. The van der Waals surface area contributed by atoms with Gasteiger partial charge in [0.2, 0.25) is 0 Å². The summed E-state index contributed by atoms with van der Waals surface area (Å²) in [4.78, 5) is 7.49. The largest absolute Gasteiger partial charge is 0.338 e. The van der Waals surface area contributed by atoms with E-state index in [4.69, 9.17) is 0 Å². The number of fused-ring (bicyclic) bond motifs is 3. The predicted molar refractivity (Wildman–Crippen MR) is 67.0 cm³/mol. The molecule has 84 valence electrons. The number of aromatic amines is 1. The first kappa shape index (κ1) is 9.71. The highest BCUT2D eigenvalue weighted by atomic mass is 15.4. The molecule has 1 aromatic carbocycles. The molecular weight excluding hydrogens is 216 g/mol.